The second kappa shape index (κ2) is 5.97. The first kappa shape index (κ1) is 13.9. The van der Waals surface area contributed by atoms with Crippen molar-refractivity contribution in [1.82, 2.24) is 15.8 Å². The van der Waals surface area contributed by atoms with Crippen LogP contribution in [0.5, 0.6) is 0 Å². The third kappa shape index (κ3) is 6.23. The predicted octanol–water partition coefficient (Wildman–Crippen LogP) is 2.37. The van der Waals surface area contributed by atoms with Crippen LogP contribution < -0.4 is 10.9 Å². The standard InChI is InChI=1S/C11H16BrN3O2/c1-11(2,3)17-10(16)15-13-7-8-5-4-6-9(12)14-8/h4-6,13H,7H2,1-3H3,(H,15,16). The lowest BCUT2D eigenvalue weighted by atomic mass is 10.2. The highest BCUT2D eigenvalue weighted by atomic mass is 79.9. The molecule has 0 fully saturated rings. The van der Waals surface area contributed by atoms with Gasteiger partial charge in [0.15, 0.2) is 0 Å². The zero-order valence-electron chi connectivity index (χ0n) is 10.1. The van der Waals surface area contributed by atoms with E-state index < -0.39 is 11.7 Å². The summed E-state index contributed by atoms with van der Waals surface area (Å²) >= 11 is 3.27. The van der Waals surface area contributed by atoms with Crippen LogP contribution in [0.25, 0.3) is 0 Å². The minimum absolute atomic E-state index is 0.429. The molecule has 0 aliphatic rings. The Morgan fingerprint density at radius 2 is 2.18 bits per heavy atom. The smallest absolute Gasteiger partial charge is 0.422 e. The number of carbonyl (C=O) groups excluding carboxylic acids is 1. The van der Waals surface area contributed by atoms with Gasteiger partial charge in [0.25, 0.3) is 0 Å². The Kier molecular flexibility index (Phi) is 4.89. The Labute approximate surface area is 109 Å². The summed E-state index contributed by atoms with van der Waals surface area (Å²) in [5.41, 5.74) is 5.50. The fourth-order valence-electron chi connectivity index (χ4n) is 1.06. The van der Waals surface area contributed by atoms with E-state index in [0.717, 1.165) is 10.3 Å². The van der Waals surface area contributed by atoms with Crippen molar-refractivity contribution in [3.63, 3.8) is 0 Å². The molecular weight excluding hydrogens is 286 g/mol. The Hall–Kier alpha value is -1.14. The van der Waals surface area contributed by atoms with Gasteiger partial charge in [-0.1, -0.05) is 6.07 Å². The number of hydrazine groups is 1. The fraction of sp³-hybridized carbons (Fsp3) is 0.455. The monoisotopic (exact) mass is 301 g/mol. The summed E-state index contributed by atoms with van der Waals surface area (Å²) in [6.07, 6.45) is -0.507. The van der Waals surface area contributed by atoms with Crippen molar-refractivity contribution in [2.45, 2.75) is 32.9 Å². The highest BCUT2D eigenvalue weighted by molar-refractivity contribution is 9.10. The van der Waals surface area contributed by atoms with Gasteiger partial charge in [-0.05, 0) is 48.8 Å². The van der Waals surface area contributed by atoms with Crippen molar-refractivity contribution in [3.8, 4) is 0 Å². The van der Waals surface area contributed by atoms with Crippen LogP contribution in [-0.2, 0) is 11.3 Å². The Morgan fingerprint density at radius 3 is 2.76 bits per heavy atom. The Bertz CT molecular complexity index is 391. The molecule has 0 saturated heterocycles. The van der Waals surface area contributed by atoms with E-state index in [1.807, 2.05) is 39.0 Å². The molecule has 0 aromatic carbocycles. The number of hydrogen-bond acceptors (Lipinski definition) is 4. The van der Waals surface area contributed by atoms with Crippen LogP contribution in [0.15, 0.2) is 22.8 Å². The van der Waals surface area contributed by atoms with Crippen LogP contribution in [0.3, 0.4) is 0 Å². The lowest BCUT2D eigenvalue weighted by molar-refractivity contribution is 0.0497. The molecule has 2 N–H and O–H groups in total. The molecule has 1 amide bonds. The van der Waals surface area contributed by atoms with Crippen LogP contribution in [0.2, 0.25) is 0 Å². The SMILES string of the molecule is CC(C)(C)OC(=O)NNCc1cccc(Br)n1. The molecule has 17 heavy (non-hydrogen) atoms. The molecule has 94 valence electrons. The quantitative estimate of drug-likeness (QED) is 0.664. The molecule has 5 nitrogen and oxygen atoms in total. The van der Waals surface area contributed by atoms with Crippen LogP contribution in [-0.4, -0.2) is 16.7 Å². The van der Waals surface area contributed by atoms with Gasteiger partial charge >= 0.3 is 6.09 Å². The number of aromatic nitrogens is 1. The second-order valence-electron chi connectivity index (χ2n) is 4.43. The van der Waals surface area contributed by atoms with Crippen molar-refractivity contribution in [3.05, 3.63) is 28.5 Å². The summed E-state index contributed by atoms with van der Waals surface area (Å²) in [6.45, 7) is 5.85. The number of nitrogens with one attached hydrogen (secondary N) is 2. The van der Waals surface area contributed by atoms with Crippen molar-refractivity contribution in [2.24, 2.45) is 0 Å². The van der Waals surface area contributed by atoms with E-state index in [9.17, 15) is 4.79 Å². The van der Waals surface area contributed by atoms with E-state index in [0.29, 0.717) is 6.54 Å². The summed E-state index contributed by atoms with van der Waals surface area (Å²) in [7, 11) is 0. The van der Waals surface area contributed by atoms with Crippen LogP contribution in [0.1, 0.15) is 26.5 Å². The summed E-state index contributed by atoms with van der Waals surface area (Å²) in [4.78, 5) is 15.5. The van der Waals surface area contributed by atoms with Gasteiger partial charge in [0.05, 0.1) is 12.2 Å². The van der Waals surface area contributed by atoms with Gasteiger partial charge in [0.2, 0.25) is 0 Å². The number of halogens is 1. The first-order chi connectivity index (χ1) is 7.87. The molecule has 0 unspecified atom stereocenters. The minimum Gasteiger partial charge on any atom is -0.443 e. The molecule has 0 atom stereocenters. The number of amides is 1. The maximum atomic E-state index is 11.3. The van der Waals surface area contributed by atoms with Gasteiger partial charge in [-0.2, -0.15) is 0 Å². The van der Waals surface area contributed by atoms with Gasteiger partial charge in [-0.25, -0.2) is 15.2 Å². The second-order valence-corrected chi connectivity index (χ2v) is 5.24. The minimum atomic E-state index is -0.507. The molecule has 6 heteroatoms. The van der Waals surface area contributed by atoms with Gasteiger partial charge in [0, 0.05) is 0 Å². The summed E-state index contributed by atoms with van der Waals surface area (Å²) < 4.78 is 5.82. The fourth-order valence-corrected chi connectivity index (χ4v) is 1.44. The van der Waals surface area contributed by atoms with Crippen LogP contribution in [0.4, 0.5) is 4.79 Å². The zero-order valence-corrected chi connectivity index (χ0v) is 11.7. The Balaban J connectivity index is 2.31. The Morgan fingerprint density at radius 1 is 1.47 bits per heavy atom. The summed E-state index contributed by atoms with van der Waals surface area (Å²) in [6, 6.07) is 5.57. The number of pyridine rings is 1. The average molecular weight is 302 g/mol. The molecule has 0 saturated carbocycles. The molecule has 0 aliphatic carbocycles. The number of hydrogen-bond donors (Lipinski definition) is 2. The largest absolute Gasteiger partial charge is 0.443 e. The van der Waals surface area contributed by atoms with Crippen LogP contribution >= 0.6 is 15.9 Å². The topological polar surface area (TPSA) is 63.2 Å². The van der Waals surface area contributed by atoms with E-state index >= 15 is 0 Å². The average Bonchev–Trinajstić information content (AvgIpc) is 2.14. The highest BCUT2D eigenvalue weighted by Crippen LogP contribution is 2.07. The van der Waals surface area contributed by atoms with E-state index in [2.05, 4.69) is 31.8 Å². The summed E-state index contributed by atoms with van der Waals surface area (Å²) in [5, 5.41) is 0. The molecule has 1 heterocycles. The third-order valence-electron chi connectivity index (χ3n) is 1.63. The lowest BCUT2D eigenvalue weighted by Crippen LogP contribution is -2.40. The van der Waals surface area contributed by atoms with E-state index in [1.54, 1.807) is 0 Å². The van der Waals surface area contributed by atoms with Crippen molar-refractivity contribution in [2.75, 3.05) is 0 Å². The molecule has 0 radical (unpaired) electrons. The van der Waals surface area contributed by atoms with Gasteiger partial charge in [0.1, 0.15) is 10.2 Å². The van der Waals surface area contributed by atoms with Crippen LogP contribution in [0, 0.1) is 0 Å². The van der Waals surface area contributed by atoms with Gasteiger partial charge in [-0.15, -0.1) is 0 Å². The van der Waals surface area contributed by atoms with Crippen molar-refractivity contribution in [1.29, 1.82) is 0 Å². The molecule has 0 spiro atoms. The normalized spacial score (nSPS) is 11.1. The molecule has 1 aromatic heterocycles. The van der Waals surface area contributed by atoms with E-state index in [4.69, 9.17) is 4.74 Å². The molecular formula is C11H16BrN3O2. The maximum absolute atomic E-state index is 11.3. The molecule has 1 aromatic rings. The van der Waals surface area contributed by atoms with Crippen molar-refractivity contribution >= 4 is 22.0 Å². The van der Waals surface area contributed by atoms with Gasteiger partial charge < -0.3 is 4.74 Å². The lowest BCUT2D eigenvalue weighted by Gasteiger charge is -2.19. The highest BCUT2D eigenvalue weighted by Gasteiger charge is 2.15. The third-order valence-corrected chi connectivity index (χ3v) is 2.07. The first-order valence-corrected chi connectivity index (χ1v) is 5.99. The zero-order chi connectivity index (χ0) is 12.9. The summed E-state index contributed by atoms with van der Waals surface area (Å²) in [5.74, 6) is 0. The van der Waals surface area contributed by atoms with E-state index in [1.165, 1.54) is 0 Å². The number of ether oxygens (including phenoxy) is 1. The molecule has 0 bridgehead atoms. The maximum Gasteiger partial charge on any atom is 0.422 e. The number of rotatable bonds is 3. The van der Waals surface area contributed by atoms with Crippen molar-refractivity contribution < 1.29 is 9.53 Å². The molecule has 0 aliphatic heterocycles. The predicted molar refractivity (Wildman–Crippen MR) is 68.1 cm³/mol. The number of carbonyl (C=O) groups is 1. The molecule has 1 rings (SSSR count). The first-order valence-electron chi connectivity index (χ1n) is 5.20. The van der Waals surface area contributed by atoms with E-state index in [-0.39, 0.29) is 0 Å². The van der Waals surface area contributed by atoms with Gasteiger partial charge in [-0.3, -0.25) is 5.43 Å². The number of nitrogens with zero attached hydrogens (tertiary/aromatic N) is 1.